The Morgan fingerprint density at radius 3 is 2.23 bits per heavy atom. The molecule has 2 aromatic carbocycles. The zero-order valence-corrected chi connectivity index (χ0v) is 13.5. The van der Waals surface area contributed by atoms with E-state index in [1.807, 2.05) is 0 Å². The highest BCUT2D eigenvalue weighted by molar-refractivity contribution is 7.88. The Kier molecular flexibility index (Phi) is 3.72. The summed E-state index contributed by atoms with van der Waals surface area (Å²) in [5.74, 6) is 0.887. The van der Waals surface area contributed by atoms with Crippen LogP contribution in [-0.2, 0) is 10.0 Å². The summed E-state index contributed by atoms with van der Waals surface area (Å²) in [4.78, 5) is 0. The second-order valence-electron chi connectivity index (χ2n) is 4.51. The van der Waals surface area contributed by atoms with Crippen molar-refractivity contribution in [3.63, 3.8) is 0 Å². The minimum Gasteiger partial charge on any atom is -0.456 e. The van der Waals surface area contributed by atoms with E-state index >= 15 is 0 Å². The average Bonchev–Trinajstić information content (AvgIpc) is 2.84. The van der Waals surface area contributed by atoms with Gasteiger partial charge in [0.05, 0.1) is 11.3 Å². The minimum atomic E-state index is -3.56. The molecule has 3 aromatic rings. The van der Waals surface area contributed by atoms with Gasteiger partial charge < -0.3 is 4.74 Å². The molecule has 0 fully saturated rings. The Morgan fingerprint density at radius 1 is 1.05 bits per heavy atom. The first-order chi connectivity index (χ1) is 10.3. The maximum atomic E-state index is 11.5. The van der Waals surface area contributed by atoms with Gasteiger partial charge in [0.1, 0.15) is 22.5 Å². The summed E-state index contributed by atoms with van der Waals surface area (Å²) in [6.45, 7) is 0. The normalized spacial score (nSPS) is 11.8. The molecule has 9 heteroatoms. The van der Waals surface area contributed by atoms with Crippen LogP contribution in [-0.4, -0.2) is 29.1 Å². The largest absolute Gasteiger partial charge is 0.456 e. The molecule has 22 heavy (non-hydrogen) atoms. The van der Waals surface area contributed by atoms with E-state index in [0.717, 1.165) is 6.26 Å². The molecular weight excluding hydrogens is 349 g/mol. The lowest BCUT2D eigenvalue weighted by atomic mass is 10.3. The van der Waals surface area contributed by atoms with Crippen molar-refractivity contribution in [2.24, 2.45) is 0 Å². The molecule has 0 unspecified atom stereocenters. The highest BCUT2D eigenvalue weighted by Gasteiger charge is 2.14. The standard InChI is InChI=1S/C13H9Cl2N3O3S/c1-22(19,20)18-16-11-6-10(15)13(7-12(11)17-18)21-9-4-2-8(14)3-5-9/h2-7H,1H3. The van der Waals surface area contributed by atoms with Crippen molar-refractivity contribution in [1.82, 2.24) is 14.4 Å². The molecule has 6 nitrogen and oxygen atoms in total. The van der Waals surface area contributed by atoms with E-state index in [0.29, 0.717) is 36.8 Å². The van der Waals surface area contributed by atoms with Crippen LogP contribution in [0.4, 0.5) is 0 Å². The lowest BCUT2D eigenvalue weighted by Crippen LogP contribution is -2.13. The lowest BCUT2D eigenvalue weighted by Gasteiger charge is -2.07. The zero-order chi connectivity index (χ0) is 15.9. The van der Waals surface area contributed by atoms with Gasteiger partial charge in [-0.2, -0.15) is 0 Å². The summed E-state index contributed by atoms with van der Waals surface area (Å²) < 4.78 is 29.2. The van der Waals surface area contributed by atoms with Crippen LogP contribution in [0, 0.1) is 0 Å². The van der Waals surface area contributed by atoms with Crippen LogP contribution in [0.3, 0.4) is 0 Å². The number of ether oxygens (including phenoxy) is 1. The summed E-state index contributed by atoms with van der Waals surface area (Å²) in [5, 5.41) is 8.65. The molecule has 1 aromatic heterocycles. The van der Waals surface area contributed by atoms with Crippen LogP contribution in [0.25, 0.3) is 11.0 Å². The smallest absolute Gasteiger partial charge is 0.267 e. The van der Waals surface area contributed by atoms with Gasteiger partial charge in [0, 0.05) is 11.1 Å². The van der Waals surface area contributed by atoms with Gasteiger partial charge in [-0.1, -0.05) is 27.4 Å². The molecule has 0 saturated carbocycles. The molecule has 1 heterocycles. The summed E-state index contributed by atoms with van der Waals surface area (Å²) in [7, 11) is -3.56. The first kappa shape index (κ1) is 15.1. The maximum absolute atomic E-state index is 11.5. The van der Waals surface area contributed by atoms with Gasteiger partial charge in [0.15, 0.2) is 0 Å². The van der Waals surface area contributed by atoms with E-state index in [1.165, 1.54) is 12.1 Å². The number of benzene rings is 2. The molecule has 114 valence electrons. The predicted molar refractivity (Wildman–Crippen MR) is 84.3 cm³/mol. The molecule has 3 rings (SSSR count). The summed E-state index contributed by atoms with van der Waals surface area (Å²) in [6, 6.07) is 9.77. The molecule has 0 atom stereocenters. The van der Waals surface area contributed by atoms with E-state index in [9.17, 15) is 8.42 Å². The number of fused-ring (bicyclic) bond motifs is 1. The van der Waals surface area contributed by atoms with E-state index < -0.39 is 10.0 Å². The fraction of sp³-hybridized carbons (Fsp3) is 0.0769. The monoisotopic (exact) mass is 357 g/mol. The maximum Gasteiger partial charge on any atom is 0.267 e. The van der Waals surface area contributed by atoms with Crippen molar-refractivity contribution in [1.29, 1.82) is 0 Å². The van der Waals surface area contributed by atoms with Crippen molar-refractivity contribution in [2.45, 2.75) is 0 Å². The van der Waals surface area contributed by atoms with Crippen molar-refractivity contribution in [2.75, 3.05) is 6.26 Å². The molecule has 0 aliphatic carbocycles. The van der Waals surface area contributed by atoms with E-state index in [1.54, 1.807) is 24.3 Å². The van der Waals surface area contributed by atoms with Gasteiger partial charge in [-0.25, -0.2) is 8.42 Å². The summed E-state index contributed by atoms with van der Waals surface area (Å²) in [6.07, 6.45) is 1.01. The Labute approximate surface area is 136 Å². The van der Waals surface area contributed by atoms with E-state index in [2.05, 4.69) is 10.2 Å². The molecule has 0 saturated heterocycles. The van der Waals surface area contributed by atoms with E-state index in [-0.39, 0.29) is 0 Å². The third-order valence-corrected chi connectivity index (χ3v) is 4.06. The topological polar surface area (TPSA) is 74.1 Å². The van der Waals surface area contributed by atoms with Gasteiger partial charge >= 0.3 is 0 Å². The molecular formula is C13H9Cl2N3O3S. The van der Waals surface area contributed by atoms with Crippen LogP contribution in [0.2, 0.25) is 10.0 Å². The summed E-state index contributed by atoms with van der Waals surface area (Å²) in [5.41, 5.74) is 0.720. The number of halogens is 2. The van der Waals surface area contributed by atoms with Gasteiger partial charge in [-0.3, -0.25) is 0 Å². The van der Waals surface area contributed by atoms with E-state index in [4.69, 9.17) is 27.9 Å². The molecule has 0 N–H and O–H groups in total. The second-order valence-corrected chi connectivity index (χ2v) is 7.15. The van der Waals surface area contributed by atoms with Gasteiger partial charge in [0.2, 0.25) is 0 Å². The lowest BCUT2D eigenvalue weighted by molar-refractivity contribution is 0.483. The van der Waals surface area contributed by atoms with Crippen molar-refractivity contribution in [3.05, 3.63) is 46.4 Å². The van der Waals surface area contributed by atoms with Crippen molar-refractivity contribution in [3.8, 4) is 11.5 Å². The Bertz CT molecular complexity index is 953. The molecule has 0 aliphatic heterocycles. The fourth-order valence-corrected chi connectivity index (χ4v) is 2.55. The van der Waals surface area contributed by atoms with Crippen molar-refractivity contribution >= 4 is 44.3 Å². The molecule has 0 bridgehead atoms. The Morgan fingerprint density at radius 2 is 1.64 bits per heavy atom. The fourth-order valence-electron chi connectivity index (χ4n) is 1.76. The average molecular weight is 358 g/mol. The molecule has 0 amide bonds. The number of aromatic nitrogens is 3. The van der Waals surface area contributed by atoms with Gasteiger partial charge in [-0.15, -0.1) is 10.2 Å². The quantitative estimate of drug-likeness (QED) is 0.718. The summed E-state index contributed by atoms with van der Waals surface area (Å²) >= 11 is 11.9. The predicted octanol–water partition coefficient (Wildman–Crippen LogP) is 3.34. The first-order valence-corrected chi connectivity index (χ1v) is 8.64. The van der Waals surface area contributed by atoms with Crippen LogP contribution < -0.4 is 4.74 Å². The van der Waals surface area contributed by atoms with Gasteiger partial charge in [0.25, 0.3) is 10.0 Å². The van der Waals surface area contributed by atoms with Crippen LogP contribution in [0.1, 0.15) is 0 Å². The number of rotatable bonds is 3. The molecule has 0 radical (unpaired) electrons. The number of hydrogen-bond acceptors (Lipinski definition) is 5. The van der Waals surface area contributed by atoms with Crippen LogP contribution >= 0.6 is 23.2 Å². The highest BCUT2D eigenvalue weighted by Crippen LogP contribution is 2.32. The second kappa shape index (κ2) is 5.42. The third kappa shape index (κ3) is 3.01. The Hall–Kier alpha value is -1.83. The van der Waals surface area contributed by atoms with Crippen LogP contribution in [0.5, 0.6) is 11.5 Å². The van der Waals surface area contributed by atoms with Crippen LogP contribution in [0.15, 0.2) is 36.4 Å². The number of hydrogen-bond donors (Lipinski definition) is 0. The van der Waals surface area contributed by atoms with Crippen molar-refractivity contribution < 1.29 is 13.2 Å². The molecule has 0 aliphatic rings. The minimum absolute atomic E-state index is 0.294. The molecule has 0 spiro atoms. The first-order valence-electron chi connectivity index (χ1n) is 6.03. The third-order valence-electron chi connectivity index (χ3n) is 2.75. The zero-order valence-electron chi connectivity index (χ0n) is 11.2. The Balaban J connectivity index is 2.03. The highest BCUT2D eigenvalue weighted by atomic mass is 35.5. The SMILES string of the molecule is CS(=O)(=O)n1nc2cc(Cl)c(Oc3ccc(Cl)cc3)cc2n1. The number of nitrogens with zero attached hydrogens (tertiary/aromatic N) is 3. The van der Waals surface area contributed by atoms with Gasteiger partial charge in [-0.05, 0) is 30.3 Å².